The Morgan fingerprint density at radius 3 is 1.05 bits per heavy atom. The number of aliphatic imine (C=N–C) groups is 2. The lowest BCUT2D eigenvalue weighted by molar-refractivity contribution is 0.834. The maximum Gasteiger partial charge on any atom is 0.0979 e. The van der Waals surface area contributed by atoms with Crippen LogP contribution in [0.5, 0.6) is 0 Å². The molecule has 2 heteroatoms. The highest BCUT2D eigenvalue weighted by Gasteiger charge is 2.29. The molecule has 1 aliphatic rings. The minimum atomic E-state index is 0.377. The summed E-state index contributed by atoms with van der Waals surface area (Å²) in [5.74, 6) is 1.51. The fraction of sp³-hybridized carbons (Fsp3) is 0.333. The second-order valence-corrected chi connectivity index (χ2v) is 11.8. The van der Waals surface area contributed by atoms with Gasteiger partial charge in [0.25, 0.3) is 0 Å². The van der Waals surface area contributed by atoms with Crippen molar-refractivity contribution in [1.82, 2.24) is 0 Å². The zero-order chi connectivity index (χ0) is 27.1. The highest BCUT2D eigenvalue weighted by atomic mass is 14.8. The summed E-state index contributed by atoms with van der Waals surface area (Å²) in [4.78, 5) is 11.1. The van der Waals surface area contributed by atoms with Crippen LogP contribution < -0.4 is 0 Å². The van der Waals surface area contributed by atoms with Crippen LogP contribution in [0.15, 0.2) is 82.8 Å². The molecule has 38 heavy (non-hydrogen) atoms. The van der Waals surface area contributed by atoms with E-state index in [0.29, 0.717) is 23.7 Å². The summed E-state index contributed by atoms with van der Waals surface area (Å²) in [6, 6.07) is 26.5. The summed E-state index contributed by atoms with van der Waals surface area (Å²) in [5.41, 5.74) is 11.7. The van der Waals surface area contributed by atoms with Crippen molar-refractivity contribution in [2.24, 2.45) is 9.98 Å². The number of nitrogens with zero attached hydrogens (tertiary/aromatic N) is 2. The van der Waals surface area contributed by atoms with Gasteiger partial charge in [-0.2, -0.15) is 0 Å². The van der Waals surface area contributed by atoms with E-state index in [2.05, 4.69) is 128 Å². The third-order valence-corrected chi connectivity index (χ3v) is 7.77. The van der Waals surface area contributed by atoms with Gasteiger partial charge in [-0.15, -0.1) is 0 Å². The fourth-order valence-corrected chi connectivity index (χ4v) is 5.72. The quantitative estimate of drug-likeness (QED) is 0.251. The SMILES string of the molecule is CC(C)c1cccc(C(C)C)c1/N=C1\C(=N\c2c(C(C)C)cccc2C(C)C)c2cccc3cccc1c23. The molecule has 5 rings (SSSR count). The molecular weight excluding hydrogens is 460 g/mol. The Morgan fingerprint density at radius 1 is 0.421 bits per heavy atom. The predicted molar refractivity (Wildman–Crippen MR) is 166 cm³/mol. The minimum Gasteiger partial charge on any atom is -0.245 e. The standard InChI is InChI=1S/C36H40N2/c1-21(2)26-15-11-16-27(22(3)4)33(26)37-35-30-19-9-13-25-14-10-20-31(32(25)30)36(35)38-34-28(23(5)6)17-12-18-29(34)24(7)8/h9-24H,1-8H3/b37-35-,38-36+. The van der Waals surface area contributed by atoms with E-state index in [1.807, 2.05) is 0 Å². The van der Waals surface area contributed by atoms with Crippen molar-refractivity contribution in [2.75, 3.05) is 0 Å². The molecule has 0 bridgehead atoms. The summed E-state index contributed by atoms with van der Waals surface area (Å²) >= 11 is 0. The number of para-hydroxylation sites is 2. The van der Waals surface area contributed by atoms with Crippen LogP contribution in [0.25, 0.3) is 10.8 Å². The molecule has 0 aliphatic heterocycles. The van der Waals surface area contributed by atoms with Crippen LogP contribution >= 0.6 is 0 Å². The Hall–Kier alpha value is -3.52. The van der Waals surface area contributed by atoms with Gasteiger partial charge in [-0.3, -0.25) is 0 Å². The predicted octanol–water partition coefficient (Wildman–Crippen LogP) is 10.6. The highest BCUT2D eigenvalue weighted by Crippen LogP contribution is 2.41. The normalized spacial score (nSPS) is 15.4. The highest BCUT2D eigenvalue weighted by molar-refractivity contribution is 6.61. The maximum atomic E-state index is 5.55. The van der Waals surface area contributed by atoms with Gasteiger partial charge >= 0.3 is 0 Å². The van der Waals surface area contributed by atoms with Crippen molar-refractivity contribution in [1.29, 1.82) is 0 Å². The van der Waals surface area contributed by atoms with E-state index in [4.69, 9.17) is 9.98 Å². The minimum absolute atomic E-state index is 0.377. The Balaban J connectivity index is 1.88. The van der Waals surface area contributed by atoms with E-state index in [-0.39, 0.29) is 0 Å². The van der Waals surface area contributed by atoms with Crippen LogP contribution in [0.4, 0.5) is 11.4 Å². The lowest BCUT2D eigenvalue weighted by atomic mass is 9.92. The van der Waals surface area contributed by atoms with Crippen molar-refractivity contribution < 1.29 is 0 Å². The molecule has 0 radical (unpaired) electrons. The molecule has 194 valence electrons. The van der Waals surface area contributed by atoms with Gasteiger partial charge in [0.05, 0.1) is 22.8 Å². The summed E-state index contributed by atoms with van der Waals surface area (Å²) < 4.78 is 0. The topological polar surface area (TPSA) is 24.7 Å². The van der Waals surface area contributed by atoms with E-state index in [1.54, 1.807) is 0 Å². The number of benzene rings is 4. The summed E-state index contributed by atoms with van der Waals surface area (Å²) in [7, 11) is 0. The largest absolute Gasteiger partial charge is 0.245 e. The van der Waals surface area contributed by atoms with Gasteiger partial charge in [-0.05, 0) is 51.3 Å². The molecule has 0 unspecified atom stereocenters. The van der Waals surface area contributed by atoms with E-state index < -0.39 is 0 Å². The Morgan fingerprint density at radius 2 is 0.737 bits per heavy atom. The first kappa shape index (κ1) is 26.1. The second-order valence-electron chi connectivity index (χ2n) is 11.8. The molecule has 0 aromatic heterocycles. The van der Waals surface area contributed by atoms with Crippen LogP contribution in [0, 0.1) is 0 Å². The first-order chi connectivity index (χ1) is 18.2. The zero-order valence-corrected chi connectivity index (χ0v) is 24.1. The first-order valence-electron chi connectivity index (χ1n) is 14.1. The summed E-state index contributed by atoms with van der Waals surface area (Å²) in [5, 5.41) is 2.49. The van der Waals surface area contributed by atoms with Crippen molar-refractivity contribution >= 4 is 33.6 Å². The molecule has 0 fully saturated rings. The van der Waals surface area contributed by atoms with Crippen molar-refractivity contribution in [3.05, 3.63) is 106 Å². The van der Waals surface area contributed by atoms with Crippen molar-refractivity contribution in [3.8, 4) is 0 Å². The van der Waals surface area contributed by atoms with E-state index in [0.717, 1.165) is 22.8 Å². The van der Waals surface area contributed by atoms with Gasteiger partial charge in [0.2, 0.25) is 0 Å². The molecule has 4 aromatic rings. The number of rotatable bonds is 6. The van der Waals surface area contributed by atoms with E-state index in [1.165, 1.54) is 44.2 Å². The fourth-order valence-electron chi connectivity index (χ4n) is 5.72. The molecule has 0 atom stereocenters. The van der Waals surface area contributed by atoms with Gasteiger partial charge in [0.15, 0.2) is 0 Å². The summed E-state index contributed by atoms with van der Waals surface area (Å²) in [6.07, 6.45) is 0. The van der Waals surface area contributed by atoms with Crippen LogP contribution in [0.1, 0.15) is 112 Å². The smallest absolute Gasteiger partial charge is 0.0979 e. The van der Waals surface area contributed by atoms with Gasteiger partial charge in [0, 0.05) is 16.5 Å². The van der Waals surface area contributed by atoms with Gasteiger partial charge < -0.3 is 0 Å². The molecule has 2 nitrogen and oxygen atoms in total. The molecule has 1 aliphatic carbocycles. The first-order valence-corrected chi connectivity index (χ1v) is 14.1. The monoisotopic (exact) mass is 500 g/mol. The Labute approximate surface area is 228 Å². The summed E-state index contributed by atoms with van der Waals surface area (Å²) in [6.45, 7) is 18.1. The number of hydrogen-bond donors (Lipinski definition) is 0. The molecule has 0 heterocycles. The molecular formula is C36H40N2. The van der Waals surface area contributed by atoms with Crippen LogP contribution in [-0.4, -0.2) is 11.4 Å². The van der Waals surface area contributed by atoms with Gasteiger partial charge in [-0.1, -0.05) is 128 Å². The van der Waals surface area contributed by atoms with Crippen LogP contribution in [0.2, 0.25) is 0 Å². The van der Waals surface area contributed by atoms with Gasteiger partial charge in [-0.25, -0.2) is 9.98 Å². The average molecular weight is 501 g/mol. The lowest BCUT2D eigenvalue weighted by Crippen LogP contribution is -2.12. The Bertz CT molecular complexity index is 1400. The zero-order valence-electron chi connectivity index (χ0n) is 24.1. The molecule has 0 amide bonds. The average Bonchev–Trinajstić information content (AvgIpc) is 3.17. The number of hydrogen-bond acceptors (Lipinski definition) is 2. The van der Waals surface area contributed by atoms with Crippen LogP contribution in [-0.2, 0) is 0 Å². The van der Waals surface area contributed by atoms with E-state index in [9.17, 15) is 0 Å². The molecule has 4 aromatic carbocycles. The van der Waals surface area contributed by atoms with E-state index >= 15 is 0 Å². The maximum absolute atomic E-state index is 5.55. The third kappa shape index (κ3) is 4.51. The molecule has 0 N–H and O–H groups in total. The van der Waals surface area contributed by atoms with Crippen LogP contribution in [0.3, 0.4) is 0 Å². The third-order valence-electron chi connectivity index (χ3n) is 7.77. The lowest BCUT2D eigenvalue weighted by Gasteiger charge is -2.19. The molecule has 0 saturated heterocycles. The molecule has 0 saturated carbocycles. The van der Waals surface area contributed by atoms with Crippen molar-refractivity contribution in [3.63, 3.8) is 0 Å². The van der Waals surface area contributed by atoms with Gasteiger partial charge in [0.1, 0.15) is 0 Å². The second kappa shape index (κ2) is 10.3. The Kier molecular flexibility index (Phi) is 7.09. The van der Waals surface area contributed by atoms with Crippen molar-refractivity contribution in [2.45, 2.75) is 79.1 Å². The molecule has 0 spiro atoms.